The Hall–Kier alpha value is -1.37. The Morgan fingerprint density at radius 1 is 1.53 bits per heavy atom. The molecule has 1 unspecified atom stereocenters. The normalized spacial score (nSPS) is 12.0. The van der Waals surface area contributed by atoms with Crippen molar-refractivity contribution in [3.05, 3.63) is 17.5 Å². The van der Waals surface area contributed by atoms with Gasteiger partial charge in [0.1, 0.15) is 10.5 Å². The molecule has 0 aliphatic rings. The first kappa shape index (κ1) is 15.7. The van der Waals surface area contributed by atoms with E-state index in [4.69, 9.17) is 0 Å². The van der Waals surface area contributed by atoms with Crippen LogP contribution in [0.5, 0.6) is 0 Å². The molecule has 1 aromatic heterocycles. The highest BCUT2D eigenvalue weighted by Gasteiger charge is 2.18. The minimum Gasteiger partial charge on any atom is -0.468 e. The van der Waals surface area contributed by atoms with Gasteiger partial charge < -0.3 is 10.1 Å². The molecule has 1 N–H and O–H groups in total. The number of hydrogen-bond donors (Lipinski definition) is 1. The lowest BCUT2D eigenvalue weighted by atomic mass is 10.3. The van der Waals surface area contributed by atoms with Crippen molar-refractivity contribution in [1.82, 2.24) is 15.1 Å². The van der Waals surface area contributed by atoms with Crippen LogP contribution in [0.3, 0.4) is 0 Å². The fraction of sp³-hybridized carbons (Fsp3) is 0.583. The average molecular weight is 332 g/mol. The molecular formula is C12H18BrN3O3. The molecule has 1 aromatic rings. The summed E-state index contributed by atoms with van der Waals surface area (Å²) in [5.74, 6) is -0.666. The molecule has 0 aliphatic heterocycles. The van der Waals surface area contributed by atoms with Gasteiger partial charge >= 0.3 is 5.97 Å². The van der Waals surface area contributed by atoms with Gasteiger partial charge in [0, 0.05) is 13.1 Å². The lowest BCUT2D eigenvalue weighted by molar-refractivity contribution is -0.139. The third-order valence-electron chi connectivity index (χ3n) is 2.62. The third-order valence-corrected chi connectivity index (χ3v) is 3.32. The summed E-state index contributed by atoms with van der Waals surface area (Å²) in [6.45, 7) is 4.69. The molecular weight excluding hydrogens is 314 g/mol. The molecule has 1 atom stereocenters. The van der Waals surface area contributed by atoms with Crippen molar-refractivity contribution in [2.45, 2.75) is 31.6 Å². The van der Waals surface area contributed by atoms with Crippen LogP contribution in [0, 0.1) is 0 Å². The molecule has 0 bridgehead atoms. The quantitative estimate of drug-likeness (QED) is 0.626. The largest absolute Gasteiger partial charge is 0.468 e. The highest BCUT2D eigenvalue weighted by Crippen LogP contribution is 2.06. The monoisotopic (exact) mass is 331 g/mol. The number of alkyl halides is 1. The van der Waals surface area contributed by atoms with Gasteiger partial charge in [0.2, 0.25) is 0 Å². The number of rotatable bonds is 6. The Morgan fingerprint density at radius 2 is 2.21 bits per heavy atom. The van der Waals surface area contributed by atoms with Crippen LogP contribution < -0.4 is 5.32 Å². The van der Waals surface area contributed by atoms with E-state index in [-0.39, 0.29) is 12.5 Å². The van der Waals surface area contributed by atoms with E-state index in [0.717, 1.165) is 12.1 Å². The Labute approximate surface area is 120 Å². The Morgan fingerprint density at radius 3 is 2.74 bits per heavy atom. The van der Waals surface area contributed by atoms with Crippen molar-refractivity contribution in [3.63, 3.8) is 0 Å². The van der Waals surface area contributed by atoms with Gasteiger partial charge in [-0.3, -0.25) is 14.3 Å². The minimum absolute atomic E-state index is 0.169. The fourth-order valence-corrected chi connectivity index (χ4v) is 1.90. The zero-order valence-corrected chi connectivity index (χ0v) is 12.9. The summed E-state index contributed by atoms with van der Waals surface area (Å²) >= 11 is 3.15. The molecule has 0 saturated carbocycles. The van der Waals surface area contributed by atoms with Crippen molar-refractivity contribution in [3.8, 4) is 0 Å². The first-order valence-electron chi connectivity index (χ1n) is 6.10. The number of esters is 1. The molecule has 6 nitrogen and oxygen atoms in total. The van der Waals surface area contributed by atoms with Crippen molar-refractivity contribution >= 4 is 27.8 Å². The molecule has 1 amide bonds. The lowest BCUT2D eigenvalue weighted by Gasteiger charge is -2.09. The number of aryl methyl sites for hydroxylation is 2. The van der Waals surface area contributed by atoms with Gasteiger partial charge in [0.05, 0.1) is 12.8 Å². The van der Waals surface area contributed by atoms with Gasteiger partial charge in [-0.05, 0) is 19.4 Å². The molecule has 0 fully saturated rings. The molecule has 7 heteroatoms. The summed E-state index contributed by atoms with van der Waals surface area (Å²) in [6, 6.07) is 1.76. The molecule has 106 valence electrons. The second kappa shape index (κ2) is 7.28. The molecule has 0 aliphatic carbocycles. The minimum atomic E-state index is -0.551. The van der Waals surface area contributed by atoms with Gasteiger partial charge in [-0.15, -0.1) is 0 Å². The van der Waals surface area contributed by atoms with Gasteiger partial charge in [0.25, 0.3) is 5.91 Å². The second-order valence-corrected chi connectivity index (χ2v) is 5.00. The lowest BCUT2D eigenvalue weighted by Crippen LogP contribution is -2.34. The summed E-state index contributed by atoms with van der Waals surface area (Å²) < 4.78 is 6.21. The van der Waals surface area contributed by atoms with E-state index in [9.17, 15) is 9.59 Å². The van der Waals surface area contributed by atoms with Crippen LogP contribution in [0.2, 0.25) is 0 Å². The van der Waals surface area contributed by atoms with E-state index in [1.54, 1.807) is 10.7 Å². The number of methoxy groups -OCH3 is 1. The van der Waals surface area contributed by atoms with Crippen molar-refractivity contribution in [1.29, 1.82) is 0 Å². The second-order valence-electron chi connectivity index (χ2n) is 3.89. The Kier molecular flexibility index (Phi) is 6.01. The number of carbonyl (C=O) groups is 2. The first-order valence-corrected chi connectivity index (χ1v) is 7.01. The van der Waals surface area contributed by atoms with Gasteiger partial charge in [-0.2, -0.15) is 5.10 Å². The van der Waals surface area contributed by atoms with E-state index in [2.05, 4.69) is 31.1 Å². The average Bonchev–Trinajstić information content (AvgIpc) is 2.86. The van der Waals surface area contributed by atoms with Crippen LogP contribution in [-0.4, -0.2) is 40.1 Å². The number of nitrogens with one attached hydrogen (secondary N) is 1. The number of ether oxygens (including phenoxy) is 1. The highest BCUT2D eigenvalue weighted by atomic mass is 79.9. The first-order chi connectivity index (χ1) is 9.03. The van der Waals surface area contributed by atoms with Gasteiger partial charge in [0.15, 0.2) is 0 Å². The summed E-state index contributed by atoms with van der Waals surface area (Å²) in [5, 5.41) is 6.98. The number of aromatic nitrogens is 2. The number of hydrogen-bond acceptors (Lipinski definition) is 4. The maximum absolute atomic E-state index is 12.0. The summed E-state index contributed by atoms with van der Waals surface area (Å²) in [7, 11) is 1.30. The van der Waals surface area contributed by atoms with Crippen molar-refractivity contribution in [2.75, 3.05) is 13.7 Å². The molecule has 1 heterocycles. The van der Waals surface area contributed by atoms with E-state index in [0.29, 0.717) is 12.2 Å². The predicted molar refractivity (Wildman–Crippen MR) is 74.3 cm³/mol. The maximum atomic E-state index is 12.0. The number of amides is 1. The predicted octanol–water partition coefficient (Wildman–Crippen LogP) is 1.13. The number of carbonyl (C=O) groups excluding carboxylic acids is 2. The van der Waals surface area contributed by atoms with E-state index < -0.39 is 10.8 Å². The van der Waals surface area contributed by atoms with E-state index in [1.165, 1.54) is 7.11 Å². The zero-order valence-electron chi connectivity index (χ0n) is 11.3. The van der Waals surface area contributed by atoms with Gasteiger partial charge in [-0.1, -0.05) is 22.9 Å². The van der Waals surface area contributed by atoms with Crippen LogP contribution in [0.4, 0.5) is 0 Å². The van der Waals surface area contributed by atoms with Gasteiger partial charge in [-0.25, -0.2) is 0 Å². The van der Waals surface area contributed by atoms with E-state index >= 15 is 0 Å². The van der Waals surface area contributed by atoms with Crippen LogP contribution in [0.1, 0.15) is 30.0 Å². The number of halogens is 1. The fourth-order valence-electron chi connectivity index (χ4n) is 1.55. The molecule has 19 heavy (non-hydrogen) atoms. The molecule has 0 radical (unpaired) electrons. The Bertz CT molecular complexity index is 459. The van der Waals surface area contributed by atoms with E-state index in [1.807, 2.05) is 13.8 Å². The molecule has 0 aromatic carbocycles. The Balaban J connectivity index is 2.68. The summed E-state index contributed by atoms with van der Waals surface area (Å²) in [6.07, 6.45) is 0.774. The zero-order chi connectivity index (χ0) is 14.4. The topological polar surface area (TPSA) is 73.2 Å². The van der Waals surface area contributed by atoms with Crippen LogP contribution >= 0.6 is 15.9 Å². The highest BCUT2D eigenvalue weighted by molar-refractivity contribution is 9.10. The molecule has 1 rings (SSSR count). The smallest absolute Gasteiger partial charge is 0.321 e. The van der Waals surface area contributed by atoms with Crippen molar-refractivity contribution in [2.24, 2.45) is 0 Å². The summed E-state index contributed by atoms with van der Waals surface area (Å²) in [4.78, 5) is 22.7. The number of nitrogens with zero attached hydrogens (tertiary/aromatic N) is 2. The van der Waals surface area contributed by atoms with Crippen LogP contribution in [0.15, 0.2) is 6.07 Å². The molecule has 0 saturated heterocycles. The molecule has 0 spiro atoms. The third kappa shape index (κ3) is 4.05. The summed E-state index contributed by atoms with van der Waals surface area (Å²) in [5.41, 5.74) is 1.37. The van der Waals surface area contributed by atoms with Crippen molar-refractivity contribution < 1.29 is 14.3 Å². The maximum Gasteiger partial charge on any atom is 0.321 e. The van der Waals surface area contributed by atoms with Crippen LogP contribution in [0.25, 0.3) is 0 Å². The SMILES string of the molecule is CCc1cc(C(=O)NCC(Br)C(=O)OC)n(CC)n1. The van der Waals surface area contributed by atoms with Crippen LogP contribution in [-0.2, 0) is 22.5 Å². The standard InChI is InChI=1S/C12H18BrN3O3/c1-4-8-6-10(16(5-2)15-8)11(17)14-7-9(13)12(18)19-3/h6,9H,4-5,7H2,1-3H3,(H,14,17).